The standard InChI is InChI=1S/C24H25F6N5O2/c1-11(14-6-5-7-16(18(14)25)23(26,27)22(3,4)37)31-21-15-8-17(35-9-13(36)10-35)20(24(28,29)30)32-19(15)12(2)33-34-21/h5-8,11,13,36-37H,9-10H2,1-4H3,(H,31,34)/t11-/m1/s1. The summed E-state index contributed by atoms with van der Waals surface area (Å²) in [5.41, 5.74) is -5.09. The highest BCUT2D eigenvalue weighted by Gasteiger charge is 2.49. The molecule has 0 bridgehead atoms. The number of nitrogens with zero attached hydrogens (tertiary/aromatic N) is 4. The van der Waals surface area contributed by atoms with E-state index in [4.69, 9.17) is 0 Å². The predicted molar refractivity (Wildman–Crippen MR) is 124 cm³/mol. The summed E-state index contributed by atoms with van der Waals surface area (Å²) in [6.45, 7) is 4.60. The molecule has 4 rings (SSSR count). The van der Waals surface area contributed by atoms with Crippen LogP contribution in [0, 0.1) is 12.7 Å². The lowest BCUT2D eigenvalue weighted by atomic mass is 9.91. The number of pyridine rings is 1. The summed E-state index contributed by atoms with van der Waals surface area (Å²) in [5, 5.41) is 30.3. The molecule has 0 spiro atoms. The minimum Gasteiger partial charge on any atom is -0.389 e. The number of β-amino-alcohol motifs (C(OH)–C–C–N with tert-alkyl or cyclic N) is 1. The van der Waals surface area contributed by atoms with E-state index in [0.29, 0.717) is 0 Å². The average molecular weight is 529 g/mol. The molecule has 1 aromatic carbocycles. The number of aliphatic hydroxyl groups is 2. The van der Waals surface area contributed by atoms with Crippen molar-refractivity contribution in [2.75, 3.05) is 23.3 Å². The number of aryl methyl sites for hydroxylation is 1. The summed E-state index contributed by atoms with van der Waals surface area (Å²) in [5.74, 6) is -5.18. The van der Waals surface area contributed by atoms with Gasteiger partial charge in [0.1, 0.15) is 11.4 Å². The zero-order valence-corrected chi connectivity index (χ0v) is 20.3. The van der Waals surface area contributed by atoms with Crippen LogP contribution in [0.2, 0.25) is 0 Å². The third-order valence-electron chi connectivity index (χ3n) is 6.33. The molecule has 13 heteroatoms. The lowest BCUT2D eigenvalue weighted by molar-refractivity contribution is -0.170. The van der Waals surface area contributed by atoms with Crippen LogP contribution >= 0.6 is 0 Å². The van der Waals surface area contributed by atoms with Gasteiger partial charge in [-0.3, -0.25) is 0 Å². The number of alkyl halides is 5. The van der Waals surface area contributed by atoms with Crippen LogP contribution in [0.4, 0.5) is 37.8 Å². The molecule has 0 radical (unpaired) electrons. The van der Waals surface area contributed by atoms with Gasteiger partial charge in [-0.1, -0.05) is 12.1 Å². The van der Waals surface area contributed by atoms with Gasteiger partial charge in [0, 0.05) is 24.0 Å². The molecule has 7 nitrogen and oxygen atoms in total. The van der Waals surface area contributed by atoms with E-state index in [0.717, 1.165) is 19.9 Å². The minimum atomic E-state index is -4.78. The van der Waals surface area contributed by atoms with Gasteiger partial charge in [-0.05, 0) is 39.8 Å². The summed E-state index contributed by atoms with van der Waals surface area (Å²) in [7, 11) is 0. The van der Waals surface area contributed by atoms with Gasteiger partial charge in [0.25, 0.3) is 0 Å². The van der Waals surface area contributed by atoms with Crippen molar-refractivity contribution >= 4 is 22.4 Å². The van der Waals surface area contributed by atoms with Gasteiger partial charge in [-0.25, -0.2) is 9.37 Å². The fourth-order valence-corrected chi connectivity index (χ4v) is 4.13. The molecular formula is C24H25F6N5O2. The SMILES string of the molecule is Cc1nnc(N[C@H](C)c2cccc(C(F)(F)C(C)(C)O)c2F)c2cc(N3CC(O)C3)c(C(F)(F)F)nc12. The van der Waals surface area contributed by atoms with Gasteiger partial charge < -0.3 is 20.4 Å². The molecule has 1 atom stereocenters. The molecule has 0 saturated carbocycles. The van der Waals surface area contributed by atoms with E-state index in [1.807, 2.05) is 0 Å². The molecule has 0 aliphatic carbocycles. The summed E-state index contributed by atoms with van der Waals surface area (Å²) >= 11 is 0. The minimum absolute atomic E-state index is 0.0135. The highest BCUT2D eigenvalue weighted by Crippen LogP contribution is 2.42. The van der Waals surface area contributed by atoms with Crippen molar-refractivity contribution < 1.29 is 36.6 Å². The highest BCUT2D eigenvalue weighted by atomic mass is 19.4. The van der Waals surface area contributed by atoms with Gasteiger partial charge in [-0.15, -0.1) is 5.10 Å². The van der Waals surface area contributed by atoms with Crippen LogP contribution in [-0.4, -0.2) is 50.2 Å². The number of aliphatic hydroxyl groups excluding tert-OH is 1. The van der Waals surface area contributed by atoms with Crippen molar-refractivity contribution in [2.45, 2.75) is 57.5 Å². The summed E-state index contributed by atoms with van der Waals surface area (Å²) in [4.78, 5) is 5.14. The van der Waals surface area contributed by atoms with Crippen LogP contribution in [0.5, 0.6) is 0 Å². The Morgan fingerprint density at radius 3 is 2.32 bits per heavy atom. The maximum absolute atomic E-state index is 15.2. The van der Waals surface area contributed by atoms with E-state index in [9.17, 15) is 32.2 Å². The van der Waals surface area contributed by atoms with Crippen molar-refractivity contribution in [2.24, 2.45) is 0 Å². The smallest absolute Gasteiger partial charge is 0.389 e. The zero-order chi connectivity index (χ0) is 27.5. The summed E-state index contributed by atoms with van der Waals surface area (Å²) in [6, 6.07) is 3.61. The van der Waals surface area contributed by atoms with Gasteiger partial charge >= 0.3 is 12.1 Å². The van der Waals surface area contributed by atoms with Gasteiger partial charge in [0.05, 0.1) is 34.6 Å². The molecule has 200 valence electrons. The first-order chi connectivity index (χ1) is 17.0. The second-order valence-electron chi connectivity index (χ2n) is 9.65. The van der Waals surface area contributed by atoms with Crippen LogP contribution in [0.25, 0.3) is 10.9 Å². The van der Waals surface area contributed by atoms with Crippen molar-refractivity contribution in [3.05, 3.63) is 52.6 Å². The van der Waals surface area contributed by atoms with E-state index < -0.39 is 46.9 Å². The van der Waals surface area contributed by atoms with Crippen LogP contribution in [-0.2, 0) is 12.1 Å². The van der Waals surface area contributed by atoms with Gasteiger partial charge in [0.15, 0.2) is 11.5 Å². The number of benzene rings is 1. The van der Waals surface area contributed by atoms with Crippen molar-refractivity contribution in [3.8, 4) is 0 Å². The first-order valence-corrected chi connectivity index (χ1v) is 11.4. The fraction of sp³-hybridized carbons (Fsp3) is 0.458. The summed E-state index contributed by atoms with van der Waals surface area (Å²) < 4.78 is 86.1. The number of halogens is 6. The van der Waals surface area contributed by atoms with Crippen molar-refractivity contribution in [1.29, 1.82) is 0 Å². The second kappa shape index (κ2) is 8.98. The molecule has 3 heterocycles. The van der Waals surface area contributed by atoms with Crippen LogP contribution in [0.3, 0.4) is 0 Å². The molecule has 37 heavy (non-hydrogen) atoms. The third kappa shape index (κ3) is 4.77. The van der Waals surface area contributed by atoms with E-state index in [2.05, 4.69) is 20.5 Å². The lowest BCUT2D eigenvalue weighted by Crippen LogP contribution is -2.51. The van der Waals surface area contributed by atoms with Crippen molar-refractivity contribution in [1.82, 2.24) is 15.2 Å². The Morgan fingerprint density at radius 2 is 1.76 bits per heavy atom. The number of aromatic nitrogens is 3. The molecule has 3 N–H and O–H groups in total. The first-order valence-electron chi connectivity index (χ1n) is 11.4. The molecule has 0 amide bonds. The van der Waals surface area contributed by atoms with Crippen LogP contribution in [0.1, 0.15) is 49.3 Å². The molecule has 2 aromatic heterocycles. The Kier molecular flexibility index (Phi) is 6.52. The van der Waals surface area contributed by atoms with Crippen LogP contribution < -0.4 is 10.2 Å². The summed E-state index contributed by atoms with van der Waals surface area (Å²) in [6.07, 6.45) is -5.56. The molecule has 1 aliphatic heterocycles. The Labute approximate surface area is 208 Å². The monoisotopic (exact) mass is 529 g/mol. The Bertz CT molecular complexity index is 1340. The molecule has 0 unspecified atom stereocenters. The molecule has 1 fully saturated rings. The number of hydrogen-bond donors (Lipinski definition) is 3. The maximum Gasteiger partial charge on any atom is 0.435 e. The number of anilines is 2. The maximum atomic E-state index is 15.2. The van der Waals surface area contributed by atoms with Crippen LogP contribution in [0.15, 0.2) is 24.3 Å². The van der Waals surface area contributed by atoms with E-state index in [-0.39, 0.29) is 46.8 Å². The third-order valence-corrected chi connectivity index (χ3v) is 6.33. The van der Waals surface area contributed by atoms with Gasteiger partial charge in [0.2, 0.25) is 0 Å². The number of fused-ring (bicyclic) bond motifs is 1. The number of hydrogen-bond acceptors (Lipinski definition) is 7. The van der Waals surface area contributed by atoms with E-state index >= 15 is 4.39 Å². The fourth-order valence-electron chi connectivity index (χ4n) is 4.13. The lowest BCUT2D eigenvalue weighted by Gasteiger charge is -2.39. The first kappa shape index (κ1) is 26.9. The van der Waals surface area contributed by atoms with Gasteiger partial charge in [-0.2, -0.15) is 27.1 Å². The quantitative estimate of drug-likeness (QED) is 0.399. The largest absolute Gasteiger partial charge is 0.435 e. The Morgan fingerprint density at radius 1 is 1.11 bits per heavy atom. The average Bonchev–Trinajstić information content (AvgIpc) is 2.76. The Balaban J connectivity index is 1.78. The second-order valence-corrected chi connectivity index (χ2v) is 9.65. The van der Waals surface area contributed by atoms with E-state index in [1.165, 1.54) is 36.9 Å². The van der Waals surface area contributed by atoms with Crippen molar-refractivity contribution in [3.63, 3.8) is 0 Å². The highest BCUT2D eigenvalue weighted by molar-refractivity contribution is 5.93. The number of rotatable bonds is 6. The topological polar surface area (TPSA) is 94.4 Å². The van der Waals surface area contributed by atoms with E-state index in [1.54, 1.807) is 0 Å². The molecular weight excluding hydrogens is 504 g/mol. The normalized spacial score (nSPS) is 16.2. The molecule has 1 aliphatic rings. The number of nitrogens with one attached hydrogen (secondary N) is 1. The zero-order valence-electron chi connectivity index (χ0n) is 20.3. The molecule has 3 aromatic rings. The predicted octanol–water partition coefficient (Wildman–Crippen LogP) is 4.71. The molecule has 1 saturated heterocycles. The Hall–Kier alpha value is -3.19.